The molecule has 0 saturated heterocycles. The van der Waals surface area contributed by atoms with Crippen molar-refractivity contribution in [2.75, 3.05) is 18.8 Å². The summed E-state index contributed by atoms with van der Waals surface area (Å²) in [5, 5.41) is 1.81. The summed E-state index contributed by atoms with van der Waals surface area (Å²) >= 11 is 0. The lowest BCUT2D eigenvalue weighted by atomic mass is 10.1. The number of hydrogen-bond acceptors (Lipinski definition) is 4. The second-order valence-electron chi connectivity index (χ2n) is 8.39. The molecule has 0 radical (unpaired) electrons. The number of ether oxygens (including phenoxy) is 1. The molecule has 0 fully saturated rings. The van der Waals surface area contributed by atoms with Gasteiger partial charge in [-0.3, -0.25) is 4.84 Å². The first-order valence-electron chi connectivity index (χ1n) is 12.4. The van der Waals surface area contributed by atoms with Crippen LogP contribution in [0.25, 0.3) is 0 Å². The predicted molar refractivity (Wildman–Crippen MR) is 133 cm³/mol. The smallest absolute Gasteiger partial charge is 0.337 e. The number of para-hydroxylation sites is 1. The molecule has 2 rings (SSSR count). The minimum absolute atomic E-state index is 0.346. The lowest BCUT2D eigenvalue weighted by Crippen LogP contribution is -2.19. The van der Waals surface area contributed by atoms with E-state index in [1.165, 1.54) is 77.7 Å². The molecule has 0 aliphatic heterocycles. The maximum absolute atomic E-state index is 11.9. The third kappa shape index (κ3) is 9.86. The third-order valence-electron chi connectivity index (χ3n) is 5.71. The van der Waals surface area contributed by atoms with Crippen molar-refractivity contribution in [3.8, 4) is 0 Å². The monoisotopic (exact) mass is 439 g/mol. The summed E-state index contributed by atoms with van der Waals surface area (Å²) in [5.41, 5.74) is 2.27. The molecule has 0 aliphatic rings. The van der Waals surface area contributed by atoms with Gasteiger partial charge in [-0.25, -0.2) is 9.86 Å². The second kappa shape index (κ2) is 16.3. The summed E-state index contributed by atoms with van der Waals surface area (Å²) < 4.78 is 4.86. The molecule has 2 aromatic rings. The molecule has 0 amide bonds. The van der Waals surface area contributed by atoms with Crippen LogP contribution < -0.4 is 5.06 Å². The summed E-state index contributed by atoms with van der Waals surface area (Å²) in [7, 11) is 1.40. The third-order valence-corrected chi connectivity index (χ3v) is 5.71. The number of anilines is 2. The minimum atomic E-state index is -0.346. The van der Waals surface area contributed by atoms with Gasteiger partial charge >= 0.3 is 5.97 Å². The number of esters is 1. The number of rotatable bonds is 17. The molecule has 0 bridgehead atoms. The van der Waals surface area contributed by atoms with E-state index in [2.05, 4.69) is 6.92 Å². The first-order chi connectivity index (χ1) is 15.8. The fraction of sp³-hybridized carbons (Fsp3) is 0.536. The van der Waals surface area contributed by atoms with E-state index in [-0.39, 0.29) is 5.97 Å². The van der Waals surface area contributed by atoms with Gasteiger partial charge in [0, 0.05) is 0 Å². The average Bonchev–Trinajstić information content (AvgIpc) is 2.84. The molecule has 4 nitrogen and oxygen atoms in total. The van der Waals surface area contributed by atoms with Crippen LogP contribution in [0.2, 0.25) is 0 Å². The van der Waals surface area contributed by atoms with Crippen LogP contribution >= 0.6 is 0 Å². The van der Waals surface area contributed by atoms with Gasteiger partial charge in [0.15, 0.2) is 0 Å². The molecule has 32 heavy (non-hydrogen) atoms. The van der Waals surface area contributed by atoms with Gasteiger partial charge in [-0.2, -0.15) is 0 Å². The molecular formula is C28H41NO3. The Labute approximate surface area is 194 Å². The molecule has 0 aromatic heterocycles. The summed E-state index contributed by atoms with van der Waals surface area (Å²) in [4.78, 5) is 18.1. The standard InChI is InChI=1S/C28H41NO3/c1-3-4-5-6-7-8-9-10-11-12-13-17-23-32-29(26-20-15-14-16-21-26)27-22-18-19-25(24-27)28(30)31-2/h14-16,18-22,24H,3-13,17,23H2,1-2H3. The maximum atomic E-state index is 11.9. The van der Waals surface area contributed by atoms with Crippen molar-refractivity contribution >= 4 is 17.3 Å². The van der Waals surface area contributed by atoms with Gasteiger partial charge in [-0.05, 0) is 36.8 Å². The van der Waals surface area contributed by atoms with Crippen molar-refractivity contribution in [2.24, 2.45) is 0 Å². The predicted octanol–water partition coefficient (Wildman–Crippen LogP) is 8.24. The zero-order valence-corrected chi connectivity index (χ0v) is 20.1. The van der Waals surface area contributed by atoms with Crippen molar-refractivity contribution < 1.29 is 14.4 Å². The largest absolute Gasteiger partial charge is 0.465 e. The van der Waals surface area contributed by atoms with Crippen LogP contribution in [0.5, 0.6) is 0 Å². The molecule has 2 aromatic carbocycles. The Kier molecular flexibility index (Phi) is 13.2. The van der Waals surface area contributed by atoms with E-state index < -0.39 is 0 Å². The zero-order valence-electron chi connectivity index (χ0n) is 20.1. The maximum Gasteiger partial charge on any atom is 0.337 e. The van der Waals surface area contributed by atoms with E-state index in [1.54, 1.807) is 12.1 Å². The van der Waals surface area contributed by atoms with Gasteiger partial charge in [-0.15, -0.1) is 0 Å². The molecule has 0 unspecified atom stereocenters. The minimum Gasteiger partial charge on any atom is -0.465 e. The van der Waals surface area contributed by atoms with Gasteiger partial charge < -0.3 is 4.74 Å². The Morgan fingerprint density at radius 2 is 1.28 bits per heavy atom. The Morgan fingerprint density at radius 1 is 0.719 bits per heavy atom. The lowest BCUT2D eigenvalue weighted by Gasteiger charge is -2.24. The van der Waals surface area contributed by atoms with E-state index >= 15 is 0 Å². The lowest BCUT2D eigenvalue weighted by molar-refractivity contribution is 0.0600. The highest BCUT2D eigenvalue weighted by Crippen LogP contribution is 2.27. The fourth-order valence-electron chi connectivity index (χ4n) is 3.84. The SMILES string of the molecule is CCCCCCCCCCCCCCON(c1ccccc1)c1cccc(C(=O)OC)c1. The highest BCUT2D eigenvalue weighted by atomic mass is 16.7. The highest BCUT2D eigenvalue weighted by Gasteiger charge is 2.13. The summed E-state index contributed by atoms with van der Waals surface area (Å²) in [5.74, 6) is -0.346. The molecule has 0 atom stereocenters. The first-order valence-corrected chi connectivity index (χ1v) is 12.4. The van der Waals surface area contributed by atoms with Gasteiger partial charge in [0.05, 0.1) is 30.7 Å². The Morgan fingerprint density at radius 3 is 1.88 bits per heavy atom. The van der Waals surface area contributed by atoms with Crippen LogP contribution in [0.15, 0.2) is 54.6 Å². The first kappa shape index (κ1) is 25.9. The number of hydrogen-bond donors (Lipinski definition) is 0. The van der Waals surface area contributed by atoms with E-state index in [4.69, 9.17) is 9.57 Å². The van der Waals surface area contributed by atoms with Crippen LogP contribution in [0.4, 0.5) is 11.4 Å². The zero-order chi connectivity index (χ0) is 22.9. The Bertz CT molecular complexity index is 747. The Hall–Kier alpha value is -2.33. The van der Waals surface area contributed by atoms with Crippen molar-refractivity contribution in [3.05, 3.63) is 60.2 Å². The van der Waals surface area contributed by atoms with Gasteiger partial charge in [0.2, 0.25) is 0 Å². The van der Waals surface area contributed by atoms with E-state index in [1.807, 2.05) is 47.5 Å². The van der Waals surface area contributed by atoms with Crippen LogP contribution in [0.3, 0.4) is 0 Å². The molecule has 0 N–H and O–H groups in total. The van der Waals surface area contributed by atoms with Crippen LogP contribution in [0.1, 0.15) is 94.3 Å². The Balaban J connectivity index is 1.72. The van der Waals surface area contributed by atoms with E-state index in [0.29, 0.717) is 12.2 Å². The number of unbranched alkanes of at least 4 members (excludes halogenated alkanes) is 11. The molecular weight excluding hydrogens is 398 g/mol. The van der Waals surface area contributed by atoms with Crippen molar-refractivity contribution in [1.82, 2.24) is 0 Å². The van der Waals surface area contributed by atoms with Crippen LogP contribution in [-0.4, -0.2) is 19.7 Å². The average molecular weight is 440 g/mol. The molecule has 0 aliphatic carbocycles. The van der Waals surface area contributed by atoms with Gasteiger partial charge in [-0.1, -0.05) is 102 Å². The van der Waals surface area contributed by atoms with Crippen LogP contribution in [0, 0.1) is 0 Å². The van der Waals surface area contributed by atoms with Crippen LogP contribution in [-0.2, 0) is 9.57 Å². The molecule has 0 spiro atoms. The van der Waals surface area contributed by atoms with E-state index in [0.717, 1.165) is 17.8 Å². The second-order valence-corrected chi connectivity index (χ2v) is 8.39. The number of methoxy groups -OCH3 is 1. The number of benzene rings is 2. The topological polar surface area (TPSA) is 38.8 Å². The highest BCUT2D eigenvalue weighted by molar-refractivity contribution is 5.90. The molecule has 176 valence electrons. The fourth-order valence-corrected chi connectivity index (χ4v) is 3.84. The summed E-state index contributed by atoms with van der Waals surface area (Å²) in [6.07, 6.45) is 15.8. The molecule has 0 saturated carbocycles. The summed E-state index contributed by atoms with van der Waals surface area (Å²) in [6.45, 7) is 2.92. The normalized spacial score (nSPS) is 10.8. The van der Waals surface area contributed by atoms with Crippen molar-refractivity contribution in [3.63, 3.8) is 0 Å². The van der Waals surface area contributed by atoms with Gasteiger partial charge in [0.1, 0.15) is 0 Å². The van der Waals surface area contributed by atoms with Crippen molar-refractivity contribution in [1.29, 1.82) is 0 Å². The number of carbonyl (C=O) groups excluding carboxylic acids is 1. The summed E-state index contributed by atoms with van der Waals surface area (Å²) in [6, 6.07) is 17.3. The number of nitrogens with zero attached hydrogens (tertiary/aromatic N) is 1. The molecule has 4 heteroatoms. The number of carbonyl (C=O) groups is 1. The quantitative estimate of drug-likeness (QED) is 0.141. The van der Waals surface area contributed by atoms with Gasteiger partial charge in [0.25, 0.3) is 0 Å². The molecule has 0 heterocycles. The van der Waals surface area contributed by atoms with E-state index in [9.17, 15) is 4.79 Å². The van der Waals surface area contributed by atoms with Crippen molar-refractivity contribution in [2.45, 2.75) is 84.0 Å².